The van der Waals surface area contributed by atoms with E-state index in [0.29, 0.717) is 17.5 Å². The molecule has 0 amide bonds. The summed E-state index contributed by atoms with van der Waals surface area (Å²) < 4.78 is 0. The molecule has 0 spiro atoms. The van der Waals surface area contributed by atoms with Crippen LogP contribution in [0.5, 0.6) is 0 Å². The standard InChI is InChI=1S/C10H11NOS/c12-10(8-1-2-8)7-13-9-3-5-11-6-4-9/h3-6,8H,1-2,7H2. The third-order valence-corrected chi connectivity index (χ3v) is 3.10. The summed E-state index contributed by atoms with van der Waals surface area (Å²) >= 11 is 1.61. The number of pyridine rings is 1. The first-order valence-corrected chi connectivity index (χ1v) is 5.40. The van der Waals surface area contributed by atoms with Crippen LogP contribution in [-0.4, -0.2) is 16.5 Å². The van der Waals surface area contributed by atoms with Gasteiger partial charge in [-0.25, -0.2) is 0 Å². The predicted octanol–water partition coefficient (Wildman–Crippen LogP) is 2.15. The van der Waals surface area contributed by atoms with Gasteiger partial charge in [-0.1, -0.05) is 0 Å². The zero-order chi connectivity index (χ0) is 9.10. The Morgan fingerprint density at radius 2 is 2.15 bits per heavy atom. The molecule has 1 heterocycles. The number of ketones is 1. The maximum Gasteiger partial charge on any atom is 0.146 e. The van der Waals surface area contributed by atoms with E-state index in [4.69, 9.17) is 0 Å². The van der Waals surface area contributed by atoms with Gasteiger partial charge in [0, 0.05) is 23.2 Å². The van der Waals surface area contributed by atoms with Crippen molar-refractivity contribution in [3.63, 3.8) is 0 Å². The molecule has 0 aliphatic heterocycles. The fourth-order valence-electron chi connectivity index (χ4n) is 1.11. The lowest BCUT2D eigenvalue weighted by Crippen LogP contribution is -2.02. The molecule has 0 radical (unpaired) electrons. The number of carbonyl (C=O) groups is 1. The lowest BCUT2D eigenvalue weighted by Gasteiger charge is -1.98. The minimum Gasteiger partial charge on any atom is -0.298 e. The van der Waals surface area contributed by atoms with Crippen LogP contribution < -0.4 is 0 Å². The number of rotatable bonds is 4. The third kappa shape index (κ3) is 2.56. The Morgan fingerprint density at radius 1 is 1.46 bits per heavy atom. The molecule has 1 aliphatic carbocycles. The molecule has 0 unspecified atom stereocenters. The van der Waals surface area contributed by atoms with Gasteiger partial charge in [-0.2, -0.15) is 0 Å². The Bertz CT molecular complexity index is 295. The Balaban J connectivity index is 1.82. The average Bonchev–Trinajstić information content (AvgIpc) is 2.99. The van der Waals surface area contributed by atoms with Gasteiger partial charge in [0.25, 0.3) is 0 Å². The van der Waals surface area contributed by atoms with E-state index in [-0.39, 0.29) is 0 Å². The molecule has 13 heavy (non-hydrogen) atoms. The zero-order valence-electron chi connectivity index (χ0n) is 7.27. The molecule has 68 valence electrons. The van der Waals surface area contributed by atoms with Crippen molar-refractivity contribution >= 4 is 17.5 Å². The molecule has 0 saturated heterocycles. The average molecular weight is 193 g/mol. The summed E-state index contributed by atoms with van der Waals surface area (Å²) in [5.41, 5.74) is 0. The second-order valence-electron chi connectivity index (χ2n) is 3.21. The van der Waals surface area contributed by atoms with E-state index in [1.165, 1.54) is 0 Å². The topological polar surface area (TPSA) is 30.0 Å². The molecule has 1 aliphatic rings. The summed E-state index contributed by atoms with van der Waals surface area (Å²) in [6.07, 6.45) is 5.72. The fourth-order valence-corrected chi connectivity index (χ4v) is 1.97. The normalized spacial score (nSPS) is 15.7. The highest BCUT2D eigenvalue weighted by Gasteiger charge is 2.28. The van der Waals surface area contributed by atoms with Crippen molar-refractivity contribution in [2.24, 2.45) is 5.92 Å². The molecular weight excluding hydrogens is 182 g/mol. The molecule has 1 aromatic heterocycles. The molecule has 0 N–H and O–H groups in total. The lowest BCUT2D eigenvalue weighted by molar-refractivity contribution is -0.117. The third-order valence-electron chi connectivity index (χ3n) is 2.06. The molecule has 1 saturated carbocycles. The first-order chi connectivity index (χ1) is 6.36. The number of hydrogen-bond donors (Lipinski definition) is 0. The summed E-state index contributed by atoms with van der Waals surface area (Å²) in [6.45, 7) is 0. The van der Waals surface area contributed by atoms with Crippen LogP contribution in [0.3, 0.4) is 0 Å². The molecule has 0 bridgehead atoms. The molecular formula is C10H11NOS. The van der Waals surface area contributed by atoms with Crippen LogP contribution in [0.15, 0.2) is 29.4 Å². The lowest BCUT2D eigenvalue weighted by atomic mass is 10.3. The number of Topliss-reactive ketones (excluding diaryl/α,β-unsaturated/α-hetero) is 1. The molecule has 2 nitrogen and oxygen atoms in total. The van der Waals surface area contributed by atoms with Crippen LogP contribution in [0.4, 0.5) is 0 Å². The smallest absolute Gasteiger partial charge is 0.146 e. The van der Waals surface area contributed by atoms with E-state index < -0.39 is 0 Å². The van der Waals surface area contributed by atoms with Gasteiger partial charge >= 0.3 is 0 Å². The number of thioether (sulfide) groups is 1. The van der Waals surface area contributed by atoms with E-state index in [1.807, 2.05) is 12.1 Å². The maximum atomic E-state index is 11.3. The summed E-state index contributed by atoms with van der Waals surface area (Å²) in [5, 5.41) is 0. The number of carbonyl (C=O) groups excluding carboxylic acids is 1. The van der Waals surface area contributed by atoms with Crippen molar-refractivity contribution < 1.29 is 4.79 Å². The van der Waals surface area contributed by atoms with Gasteiger partial charge in [-0.3, -0.25) is 9.78 Å². The molecule has 1 fully saturated rings. The Kier molecular flexibility index (Phi) is 2.64. The Morgan fingerprint density at radius 3 is 2.77 bits per heavy atom. The number of aromatic nitrogens is 1. The summed E-state index contributed by atoms with van der Waals surface area (Å²) in [7, 11) is 0. The van der Waals surface area contributed by atoms with Crippen LogP contribution in [0.2, 0.25) is 0 Å². The van der Waals surface area contributed by atoms with Crippen LogP contribution in [0.25, 0.3) is 0 Å². The van der Waals surface area contributed by atoms with E-state index in [9.17, 15) is 4.79 Å². The molecule has 1 aromatic rings. The van der Waals surface area contributed by atoms with E-state index >= 15 is 0 Å². The maximum absolute atomic E-state index is 11.3. The fraction of sp³-hybridized carbons (Fsp3) is 0.400. The second-order valence-corrected chi connectivity index (χ2v) is 4.26. The molecule has 3 heteroatoms. The first-order valence-electron chi connectivity index (χ1n) is 4.42. The molecule has 0 aromatic carbocycles. The number of hydrogen-bond acceptors (Lipinski definition) is 3. The van der Waals surface area contributed by atoms with Crippen molar-refractivity contribution in [2.45, 2.75) is 17.7 Å². The van der Waals surface area contributed by atoms with Gasteiger partial charge in [0.1, 0.15) is 5.78 Å². The predicted molar refractivity (Wildman–Crippen MR) is 52.7 cm³/mol. The van der Waals surface area contributed by atoms with Crippen molar-refractivity contribution in [3.05, 3.63) is 24.5 Å². The monoisotopic (exact) mass is 193 g/mol. The van der Waals surface area contributed by atoms with Crippen LogP contribution in [0.1, 0.15) is 12.8 Å². The highest BCUT2D eigenvalue weighted by atomic mass is 32.2. The largest absolute Gasteiger partial charge is 0.298 e. The molecule has 0 atom stereocenters. The van der Waals surface area contributed by atoms with E-state index in [2.05, 4.69) is 4.98 Å². The van der Waals surface area contributed by atoms with Gasteiger partial charge in [0.2, 0.25) is 0 Å². The van der Waals surface area contributed by atoms with Crippen LogP contribution >= 0.6 is 11.8 Å². The SMILES string of the molecule is O=C(CSc1ccncc1)C1CC1. The highest BCUT2D eigenvalue weighted by molar-refractivity contribution is 8.00. The number of nitrogens with zero attached hydrogens (tertiary/aromatic N) is 1. The highest BCUT2D eigenvalue weighted by Crippen LogP contribution is 2.31. The van der Waals surface area contributed by atoms with Crippen molar-refractivity contribution in [1.82, 2.24) is 4.98 Å². The van der Waals surface area contributed by atoms with Gasteiger partial charge in [0.05, 0.1) is 5.75 Å². The minimum atomic E-state index is 0.384. The zero-order valence-corrected chi connectivity index (χ0v) is 8.09. The summed E-state index contributed by atoms with van der Waals surface area (Å²) in [4.78, 5) is 16.4. The van der Waals surface area contributed by atoms with Gasteiger partial charge in [-0.15, -0.1) is 11.8 Å². The molecule has 2 rings (SSSR count). The second kappa shape index (κ2) is 3.92. The van der Waals surface area contributed by atoms with Crippen molar-refractivity contribution in [2.75, 3.05) is 5.75 Å². The Hall–Kier alpha value is -0.830. The van der Waals surface area contributed by atoms with Gasteiger partial charge in [-0.05, 0) is 25.0 Å². The van der Waals surface area contributed by atoms with Gasteiger partial charge in [0.15, 0.2) is 0 Å². The van der Waals surface area contributed by atoms with E-state index in [1.54, 1.807) is 24.2 Å². The van der Waals surface area contributed by atoms with Crippen LogP contribution in [-0.2, 0) is 4.79 Å². The Labute approximate surface area is 81.8 Å². The quantitative estimate of drug-likeness (QED) is 0.686. The van der Waals surface area contributed by atoms with E-state index in [0.717, 1.165) is 17.7 Å². The summed E-state index contributed by atoms with van der Waals surface area (Å²) in [6, 6.07) is 3.87. The van der Waals surface area contributed by atoms with Crippen LogP contribution in [0, 0.1) is 5.92 Å². The summed E-state index contributed by atoms with van der Waals surface area (Å²) in [5.74, 6) is 1.41. The van der Waals surface area contributed by atoms with Crippen molar-refractivity contribution in [3.8, 4) is 0 Å². The minimum absolute atomic E-state index is 0.384. The van der Waals surface area contributed by atoms with Crippen molar-refractivity contribution in [1.29, 1.82) is 0 Å². The first kappa shape index (κ1) is 8.75. The van der Waals surface area contributed by atoms with Gasteiger partial charge < -0.3 is 0 Å².